The van der Waals surface area contributed by atoms with Crippen LogP contribution in [0.15, 0.2) is 24.3 Å². The molecule has 3 rings (SSSR count). The molecule has 28 heavy (non-hydrogen) atoms. The Morgan fingerprint density at radius 1 is 1.04 bits per heavy atom. The van der Waals surface area contributed by atoms with Gasteiger partial charge in [-0.15, -0.1) is 0 Å². The summed E-state index contributed by atoms with van der Waals surface area (Å²) in [5.41, 5.74) is 1.29. The van der Waals surface area contributed by atoms with Crippen LogP contribution in [-0.4, -0.2) is 41.8 Å². The van der Waals surface area contributed by atoms with Crippen LogP contribution in [0.5, 0.6) is 0 Å². The maximum atomic E-state index is 12.9. The van der Waals surface area contributed by atoms with Crippen molar-refractivity contribution in [3.05, 3.63) is 29.8 Å². The minimum Gasteiger partial charge on any atom is -0.353 e. The van der Waals surface area contributed by atoms with Crippen molar-refractivity contribution < 1.29 is 14.4 Å². The molecule has 0 spiro atoms. The number of anilines is 1. The Morgan fingerprint density at radius 3 is 2.43 bits per heavy atom. The normalized spacial score (nSPS) is 20.0. The Bertz CT molecular complexity index is 695. The molecule has 6 nitrogen and oxygen atoms in total. The molecule has 2 fully saturated rings. The van der Waals surface area contributed by atoms with Crippen LogP contribution in [0.1, 0.15) is 68.6 Å². The lowest BCUT2D eigenvalue weighted by Gasteiger charge is -2.32. The second kappa shape index (κ2) is 9.71. The molecule has 3 amide bonds. The summed E-state index contributed by atoms with van der Waals surface area (Å²) >= 11 is 0. The molecule has 0 unspecified atom stereocenters. The summed E-state index contributed by atoms with van der Waals surface area (Å²) in [6.07, 6.45) is 7.49. The van der Waals surface area contributed by atoms with Gasteiger partial charge in [0.25, 0.3) is 5.91 Å². The molecule has 1 atom stereocenters. The van der Waals surface area contributed by atoms with Crippen molar-refractivity contribution in [2.75, 3.05) is 18.4 Å². The second-order valence-electron chi connectivity index (χ2n) is 7.96. The fourth-order valence-electron chi connectivity index (χ4n) is 4.09. The van der Waals surface area contributed by atoms with Gasteiger partial charge in [-0.05, 0) is 56.4 Å². The van der Waals surface area contributed by atoms with Crippen LogP contribution < -0.4 is 10.6 Å². The standard InChI is InChI=1S/C22H31N3O3/c1-2-6-20(26)23-19-12-10-16(11-13-19)22(28)25-14-5-7-17(15-25)21(27)24-18-8-3-4-9-18/h10-13,17-18H,2-9,14-15H2,1H3,(H,23,26)(H,24,27)/t17-/m1/s1. The number of nitrogens with zero attached hydrogens (tertiary/aromatic N) is 1. The van der Waals surface area contributed by atoms with E-state index >= 15 is 0 Å². The van der Waals surface area contributed by atoms with Crippen LogP contribution in [0.3, 0.4) is 0 Å². The number of benzene rings is 1. The average Bonchev–Trinajstić information content (AvgIpc) is 3.21. The van der Waals surface area contributed by atoms with Crippen molar-refractivity contribution in [2.24, 2.45) is 5.92 Å². The van der Waals surface area contributed by atoms with Crippen LogP contribution in [0, 0.1) is 5.92 Å². The van der Waals surface area contributed by atoms with E-state index in [2.05, 4.69) is 10.6 Å². The van der Waals surface area contributed by atoms with Crippen molar-refractivity contribution in [2.45, 2.75) is 64.3 Å². The van der Waals surface area contributed by atoms with E-state index in [9.17, 15) is 14.4 Å². The van der Waals surface area contributed by atoms with Gasteiger partial charge in [-0.3, -0.25) is 14.4 Å². The van der Waals surface area contributed by atoms with Gasteiger partial charge in [0, 0.05) is 36.8 Å². The predicted molar refractivity (Wildman–Crippen MR) is 109 cm³/mol. The lowest BCUT2D eigenvalue weighted by Crippen LogP contribution is -2.47. The number of amides is 3. The van der Waals surface area contributed by atoms with Crippen molar-refractivity contribution in [3.8, 4) is 0 Å². The molecule has 1 aliphatic carbocycles. The summed E-state index contributed by atoms with van der Waals surface area (Å²) < 4.78 is 0. The van der Waals surface area contributed by atoms with Gasteiger partial charge in [0.1, 0.15) is 0 Å². The summed E-state index contributed by atoms with van der Waals surface area (Å²) in [7, 11) is 0. The number of piperidine rings is 1. The lowest BCUT2D eigenvalue weighted by atomic mass is 9.96. The summed E-state index contributed by atoms with van der Waals surface area (Å²) in [6.45, 7) is 3.12. The molecule has 1 aliphatic heterocycles. The molecule has 0 radical (unpaired) electrons. The largest absolute Gasteiger partial charge is 0.353 e. The highest BCUT2D eigenvalue weighted by atomic mass is 16.2. The van der Waals surface area contributed by atoms with Crippen molar-refractivity contribution in [3.63, 3.8) is 0 Å². The molecule has 2 aliphatic rings. The van der Waals surface area contributed by atoms with Crippen LogP contribution >= 0.6 is 0 Å². The highest BCUT2D eigenvalue weighted by Gasteiger charge is 2.30. The van der Waals surface area contributed by atoms with Gasteiger partial charge >= 0.3 is 0 Å². The molecule has 6 heteroatoms. The SMILES string of the molecule is CCCC(=O)Nc1ccc(C(=O)N2CCC[C@@H](C(=O)NC3CCCC3)C2)cc1. The number of hydrogen-bond acceptors (Lipinski definition) is 3. The summed E-state index contributed by atoms with van der Waals surface area (Å²) in [5, 5.41) is 5.99. The minimum atomic E-state index is -0.120. The Hall–Kier alpha value is -2.37. The van der Waals surface area contributed by atoms with Crippen LogP contribution in [0.25, 0.3) is 0 Å². The number of carbonyl (C=O) groups is 3. The van der Waals surface area contributed by atoms with E-state index < -0.39 is 0 Å². The molecule has 1 saturated heterocycles. The predicted octanol–water partition coefficient (Wildman–Crippen LogP) is 3.34. The Balaban J connectivity index is 1.55. The van der Waals surface area contributed by atoms with E-state index in [1.54, 1.807) is 29.2 Å². The van der Waals surface area contributed by atoms with Crippen LogP contribution in [0.4, 0.5) is 5.69 Å². The highest BCUT2D eigenvalue weighted by Crippen LogP contribution is 2.22. The summed E-state index contributed by atoms with van der Waals surface area (Å²) in [6, 6.07) is 7.32. The van der Waals surface area contributed by atoms with Crippen LogP contribution in [-0.2, 0) is 9.59 Å². The molecule has 1 saturated carbocycles. The average molecular weight is 386 g/mol. The molecule has 0 aromatic heterocycles. The van der Waals surface area contributed by atoms with E-state index in [0.29, 0.717) is 36.8 Å². The molecule has 0 bridgehead atoms. The van der Waals surface area contributed by atoms with E-state index in [1.807, 2.05) is 6.92 Å². The van der Waals surface area contributed by atoms with E-state index in [4.69, 9.17) is 0 Å². The van der Waals surface area contributed by atoms with Crippen molar-refractivity contribution >= 4 is 23.4 Å². The molecular weight excluding hydrogens is 354 g/mol. The first-order chi connectivity index (χ1) is 13.6. The lowest BCUT2D eigenvalue weighted by molar-refractivity contribution is -0.127. The Labute approximate surface area is 167 Å². The second-order valence-corrected chi connectivity index (χ2v) is 7.96. The van der Waals surface area contributed by atoms with Gasteiger partial charge < -0.3 is 15.5 Å². The maximum Gasteiger partial charge on any atom is 0.253 e. The highest BCUT2D eigenvalue weighted by molar-refractivity contribution is 5.96. The fraction of sp³-hybridized carbons (Fsp3) is 0.591. The third-order valence-electron chi connectivity index (χ3n) is 5.67. The first-order valence-corrected chi connectivity index (χ1v) is 10.6. The number of carbonyl (C=O) groups excluding carboxylic acids is 3. The van der Waals surface area contributed by atoms with Gasteiger partial charge in [-0.2, -0.15) is 0 Å². The Kier molecular flexibility index (Phi) is 7.06. The third kappa shape index (κ3) is 5.33. The zero-order chi connectivity index (χ0) is 19.9. The van der Waals surface area contributed by atoms with Gasteiger partial charge in [0.15, 0.2) is 0 Å². The monoisotopic (exact) mass is 385 g/mol. The van der Waals surface area contributed by atoms with Gasteiger partial charge in [0.2, 0.25) is 11.8 Å². The van der Waals surface area contributed by atoms with Crippen LogP contribution in [0.2, 0.25) is 0 Å². The number of hydrogen-bond donors (Lipinski definition) is 2. The van der Waals surface area contributed by atoms with Crippen molar-refractivity contribution in [1.29, 1.82) is 0 Å². The minimum absolute atomic E-state index is 0.0197. The van der Waals surface area contributed by atoms with E-state index in [-0.39, 0.29) is 23.6 Å². The van der Waals surface area contributed by atoms with Gasteiger partial charge in [-0.25, -0.2) is 0 Å². The molecule has 1 heterocycles. The zero-order valence-corrected chi connectivity index (χ0v) is 16.7. The molecule has 1 aromatic carbocycles. The molecule has 2 N–H and O–H groups in total. The molecule has 152 valence electrons. The van der Waals surface area contributed by atoms with Gasteiger partial charge in [-0.1, -0.05) is 19.8 Å². The van der Waals surface area contributed by atoms with E-state index in [1.165, 1.54) is 12.8 Å². The maximum absolute atomic E-state index is 12.9. The number of likely N-dealkylation sites (tertiary alicyclic amines) is 1. The first-order valence-electron chi connectivity index (χ1n) is 10.6. The quantitative estimate of drug-likeness (QED) is 0.788. The third-order valence-corrected chi connectivity index (χ3v) is 5.67. The summed E-state index contributed by atoms with van der Waals surface area (Å²) in [5.74, 6) is -0.0946. The van der Waals surface area contributed by atoms with E-state index in [0.717, 1.165) is 32.1 Å². The molecular formula is C22H31N3O3. The smallest absolute Gasteiger partial charge is 0.253 e. The topological polar surface area (TPSA) is 78.5 Å². The summed E-state index contributed by atoms with van der Waals surface area (Å²) in [4.78, 5) is 38.9. The fourth-order valence-corrected chi connectivity index (χ4v) is 4.09. The zero-order valence-electron chi connectivity index (χ0n) is 16.7. The van der Waals surface area contributed by atoms with Gasteiger partial charge in [0.05, 0.1) is 5.92 Å². The number of nitrogens with one attached hydrogen (secondary N) is 2. The first kappa shape index (κ1) is 20.4. The number of rotatable bonds is 6. The van der Waals surface area contributed by atoms with Crippen molar-refractivity contribution in [1.82, 2.24) is 10.2 Å². The molecule has 1 aromatic rings. The Morgan fingerprint density at radius 2 is 1.75 bits per heavy atom.